The number of aromatic nitrogens is 2. The number of nitrogens with zero attached hydrogens (tertiary/aromatic N) is 4. The highest BCUT2D eigenvalue weighted by Gasteiger charge is 2.51. The van der Waals surface area contributed by atoms with E-state index in [1.807, 2.05) is 50.2 Å². The second kappa shape index (κ2) is 12.0. The summed E-state index contributed by atoms with van der Waals surface area (Å²) >= 11 is 6.18. The molecule has 0 radical (unpaired) electrons. The first-order valence-corrected chi connectivity index (χ1v) is 13.8. The largest absolute Gasteiger partial charge is 0.326 e. The van der Waals surface area contributed by atoms with E-state index in [2.05, 4.69) is 25.6 Å². The summed E-state index contributed by atoms with van der Waals surface area (Å²) in [6, 6.07) is 17.1. The summed E-state index contributed by atoms with van der Waals surface area (Å²) in [5, 5.41) is 6.40. The van der Waals surface area contributed by atoms with Gasteiger partial charge in [-0.3, -0.25) is 24.6 Å². The number of benzene rings is 2. The molecular weight excluding hydrogens is 528 g/mol. The molecule has 1 aromatic heterocycles. The molecule has 10 heteroatoms. The van der Waals surface area contributed by atoms with Gasteiger partial charge in [-0.25, -0.2) is 9.97 Å². The Kier molecular flexibility index (Phi) is 8.21. The van der Waals surface area contributed by atoms with E-state index in [0.29, 0.717) is 23.6 Å². The molecule has 40 heavy (non-hydrogen) atoms. The van der Waals surface area contributed by atoms with Crippen molar-refractivity contribution >= 4 is 46.9 Å². The van der Waals surface area contributed by atoms with Crippen LogP contribution in [0.15, 0.2) is 65.7 Å². The molecule has 1 aliphatic heterocycles. The number of halogens is 1. The average Bonchev–Trinajstić information content (AvgIpc) is 3.17. The van der Waals surface area contributed by atoms with Crippen LogP contribution in [0.4, 0.5) is 11.6 Å². The quantitative estimate of drug-likeness (QED) is 0.256. The van der Waals surface area contributed by atoms with Crippen molar-refractivity contribution in [3.05, 3.63) is 82.6 Å². The van der Waals surface area contributed by atoms with Crippen molar-refractivity contribution < 1.29 is 14.4 Å². The predicted octanol–water partition coefficient (Wildman–Crippen LogP) is 4.75. The number of imide groups is 1. The van der Waals surface area contributed by atoms with Crippen LogP contribution < -0.4 is 10.6 Å². The Morgan fingerprint density at radius 1 is 0.975 bits per heavy atom. The first-order chi connectivity index (χ1) is 19.3. The Morgan fingerprint density at radius 2 is 1.62 bits per heavy atom. The Morgan fingerprint density at radius 3 is 2.25 bits per heavy atom. The number of likely N-dealkylation sites (tertiary alicyclic amines) is 1. The highest BCUT2D eigenvalue weighted by Crippen LogP contribution is 2.39. The van der Waals surface area contributed by atoms with E-state index >= 15 is 0 Å². The molecule has 9 nitrogen and oxygen atoms in total. The molecule has 2 aromatic carbocycles. The van der Waals surface area contributed by atoms with E-state index in [1.54, 1.807) is 24.3 Å². The number of rotatable bonds is 6. The number of aryl methyl sites for hydroxylation is 2. The zero-order valence-electron chi connectivity index (χ0n) is 22.4. The van der Waals surface area contributed by atoms with Gasteiger partial charge in [0.1, 0.15) is 6.04 Å². The molecule has 2 heterocycles. The van der Waals surface area contributed by atoms with E-state index in [4.69, 9.17) is 11.6 Å². The summed E-state index contributed by atoms with van der Waals surface area (Å²) in [5.74, 6) is -1.62. The van der Waals surface area contributed by atoms with Crippen LogP contribution in [-0.2, 0) is 20.8 Å². The van der Waals surface area contributed by atoms with Gasteiger partial charge >= 0.3 is 0 Å². The van der Waals surface area contributed by atoms with E-state index in [1.165, 1.54) is 4.90 Å². The Labute approximate surface area is 238 Å². The first kappa shape index (κ1) is 27.5. The molecule has 1 saturated heterocycles. The maximum absolute atomic E-state index is 14.0. The number of hydrogen-bond donors (Lipinski definition) is 2. The van der Waals surface area contributed by atoms with Gasteiger partial charge in [-0.15, -0.1) is 0 Å². The smallest absolute Gasteiger partial charge is 0.253 e. The third kappa shape index (κ3) is 6.20. The summed E-state index contributed by atoms with van der Waals surface area (Å²) in [4.78, 5) is 55.4. The van der Waals surface area contributed by atoms with Crippen molar-refractivity contribution in [3.63, 3.8) is 0 Å². The van der Waals surface area contributed by atoms with Crippen LogP contribution in [0.25, 0.3) is 0 Å². The normalized spacial score (nSPS) is 19.8. The maximum Gasteiger partial charge on any atom is 0.253 e. The lowest BCUT2D eigenvalue weighted by Gasteiger charge is -2.26. The second-order valence-corrected chi connectivity index (χ2v) is 10.7. The van der Waals surface area contributed by atoms with Crippen LogP contribution in [-0.4, -0.2) is 44.6 Å². The minimum Gasteiger partial charge on any atom is -0.326 e. The second-order valence-electron chi connectivity index (χ2n) is 10.3. The molecule has 2 fully saturated rings. The lowest BCUT2D eigenvalue weighted by Crippen LogP contribution is -2.53. The third-order valence-corrected chi connectivity index (χ3v) is 7.51. The monoisotopic (exact) mass is 558 g/mol. The highest BCUT2D eigenvalue weighted by molar-refractivity contribution is 6.31. The lowest BCUT2D eigenvalue weighted by atomic mass is 9.81. The van der Waals surface area contributed by atoms with Gasteiger partial charge in [0.25, 0.3) is 5.95 Å². The molecular formula is C30H31ClN6O3. The molecule has 1 saturated carbocycles. The Hall–Kier alpha value is -4.11. The number of guanidine groups is 1. The van der Waals surface area contributed by atoms with Crippen LogP contribution in [0.2, 0.25) is 5.02 Å². The third-order valence-electron chi connectivity index (χ3n) is 7.27. The van der Waals surface area contributed by atoms with E-state index in [0.717, 1.165) is 29.8 Å². The number of carbonyl (C=O) groups is 3. The van der Waals surface area contributed by atoms with Crippen molar-refractivity contribution in [2.75, 3.05) is 5.32 Å². The fourth-order valence-corrected chi connectivity index (χ4v) is 5.67. The standard InChI is InChI=1S/C30H31ClN6O3/c1-18-15-19(2)33-29(32-18)36-30(34-22-12-8-11-21(31)17-22)35-26(38)25(16-20-9-4-3-5-10-20)37-27(39)23-13-6-7-14-24(23)28(37)40/h3-5,8-12,15,17,23-25H,6-7,13-14,16H2,1-2H3,(H2,32,33,34,35,36,38)/t23-,24-,25-/m0/s1. The van der Waals surface area contributed by atoms with Gasteiger partial charge in [0.2, 0.25) is 23.7 Å². The molecule has 3 aromatic rings. The first-order valence-electron chi connectivity index (χ1n) is 13.4. The minimum absolute atomic E-state index is 0.0480. The number of nitrogens with one attached hydrogen (secondary N) is 2. The Balaban J connectivity index is 1.49. The van der Waals surface area contributed by atoms with Crippen LogP contribution >= 0.6 is 11.6 Å². The lowest BCUT2D eigenvalue weighted by molar-refractivity contribution is -0.147. The molecule has 0 bridgehead atoms. The number of amides is 3. The average molecular weight is 559 g/mol. The van der Waals surface area contributed by atoms with Crippen molar-refractivity contribution in [2.24, 2.45) is 16.8 Å². The minimum atomic E-state index is -1.06. The van der Waals surface area contributed by atoms with Gasteiger partial charge in [-0.05, 0) is 56.5 Å². The number of fused-ring (bicyclic) bond motifs is 1. The summed E-state index contributed by atoms with van der Waals surface area (Å²) in [6.45, 7) is 3.66. The molecule has 5 rings (SSSR count). The highest BCUT2D eigenvalue weighted by atomic mass is 35.5. The number of carbonyl (C=O) groups excluding carboxylic acids is 3. The predicted molar refractivity (Wildman–Crippen MR) is 153 cm³/mol. The summed E-state index contributed by atoms with van der Waals surface area (Å²) in [7, 11) is 0. The van der Waals surface area contributed by atoms with Crippen LogP contribution in [0, 0.1) is 25.7 Å². The van der Waals surface area contributed by atoms with Gasteiger partial charge in [0, 0.05) is 28.5 Å². The molecule has 206 valence electrons. The summed E-state index contributed by atoms with van der Waals surface area (Å²) in [6.07, 6.45) is 3.31. The summed E-state index contributed by atoms with van der Waals surface area (Å²) in [5.41, 5.74) is 2.85. The van der Waals surface area contributed by atoms with E-state index in [9.17, 15) is 14.4 Å². The van der Waals surface area contributed by atoms with Crippen LogP contribution in [0.1, 0.15) is 42.6 Å². The van der Waals surface area contributed by atoms with Gasteiger partial charge in [0.15, 0.2) is 0 Å². The molecule has 0 spiro atoms. The van der Waals surface area contributed by atoms with Gasteiger partial charge in [-0.1, -0.05) is 60.8 Å². The van der Waals surface area contributed by atoms with Gasteiger partial charge in [0.05, 0.1) is 11.8 Å². The topological polar surface area (TPSA) is 117 Å². The fourth-order valence-electron chi connectivity index (χ4n) is 5.48. The zero-order chi connectivity index (χ0) is 28.2. The zero-order valence-corrected chi connectivity index (χ0v) is 23.2. The maximum atomic E-state index is 14.0. The number of aliphatic imine (C=N–C) groups is 1. The van der Waals surface area contributed by atoms with Crippen LogP contribution in [0.5, 0.6) is 0 Å². The van der Waals surface area contributed by atoms with Crippen LogP contribution in [0.3, 0.4) is 0 Å². The SMILES string of the molecule is Cc1cc(C)nc(N=C(NC(=O)[C@H](Cc2ccccc2)N2C(=O)[C@H]3CCCC[C@@H]3C2=O)Nc2cccc(Cl)c2)n1. The fraction of sp³-hybridized carbons (Fsp3) is 0.333. The molecule has 3 amide bonds. The number of hydrogen-bond acceptors (Lipinski definition) is 6. The van der Waals surface area contributed by atoms with Crippen molar-refractivity contribution in [1.82, 2.24) is 20.2 Å². The van der Waals surface area contributed by atoms with E-state index in [-0.39, 0.29) is 42.0 Å². The molecule has 0 unspecified atom stereocenters. The summed E-state index contributed by atoms with van der Waals surface area (Å²) < 4.78 is 0. The number of anilines is 1. The van der Waals surface area contributed by atoms with Crippen molar-refractivity contribution in [3.8, 4) is 0 Å². The van der Waals surface area contributed by atoms with Gasteiger partial charge < -0.3 is 5.32 Å². The van der Waals surface area contributed by atoms with Crippen molar-refractivity contribution in [1.29, 1.82) is 0 Å². The van der Waals surface area contributed by atoms with E-state index < -0.39 is 11.9 Å². The molecule has 2 N–H and O–H groups in total. The van der Waals surface area contributed by atoms with Crippen molar-refractivity contribution in [2.45, 2.75) is 52.0 Å². The molecule has 3 atom stereocenters. The molecule has 1 aliphatic carbocycles. The molecule has 2 aliphatic rings. The van der Waals surface area contributed by atoms with Gasteiger partial charge in [-0.2, -0.15) is 4.99 Å². The Bertz CT molecular complexity index is 1420.